The summed E-state index contributed by atoms with van der Waals surface area (Å²) >= 11 is 0. The van der Waals surface area contributed by atoms with Crippen molar-refractivity contribution in [1.29, 1.82) is 0 Å². The van der Waals surface area contributed by atoms with Gasteiger partial charge in [-0.2, -0.15) is 10.8 Å². The maximum Gasteiger partial charge on any atom is 0 e. The van der Waals surface area contributed by atoms with Crippen molar-refractivity contribution in [3.05, 3.63) is 13.8 Å². The van der Waals surface area contributed by atoms with Gasteiger partial charge in [0.1, 0.15) is 0 Å². The monoisotopic (exact) mass is 388 g/mol. The van der Waals surface area contributed by atoms with Crippen LogP contribution in [0.2, 0.25) is 0 Å². The van der Waals surface area contributed by atoms with Gasteiger partial charge in [0.2, 0.25) is 0 Å². The van der Waals surface area contributed by atoms with E-state index in [4.69, 9.17) is 0 Å². The fourth-order valence-corrected chi connectivity index (χ4v) is 2.50. The Morgan fingerprint density at radius 3 is 1.41 bits per heavy atom. The first-order valence-corrected chi connectivity index (χ1v) is 6.24. The fourth-order valence-electron chi connectivity index (χ4n) is 2.50. The molecule has 0 aliphatic rings. The smallest absolute Gasteiger partial charge is 0 e. The minimum absolute atomic E-state index is 0. The van der Waals surface area contributed by atoms with Crippen LogP contribution in [0, 0.1) is 30.1 Å². The van der Waals surface area contributed by atoms with Gasteiger partial charge >= 0.3 is 0 Å². The summed E-state index contributed by atoms with van der Waals surface area (Å²) in [5.74, 6) is 0. The molecule has 0 heterocycles. The van der Waals surface area contributed by atoms with Crippen LogP contribution in [0.25, 0.3) is 0 Å². The second-order valence-electron chi connectivity index (χ2n) is 6.85. The van der Waals surface area contributed by atoms with Crippen LogP contribution < -0.4 is 0 Å². The summed E-state index contributed by atoms with van der Waals surface area (Å²) in [6.45, 7) is 22.4. The van der Waals surface area contributed by atoms with Crippen molar-refractivity contribution in [1.82, 2.24) is 0 Å². The van der Waals surface area contributed by atoms with Gasteiger partial charge in [0.15, 0.2) is 0 Å². The molecule has 2 atom stereocenters. The summed E-state index contributed by atoms with van der Waals surface area (Å²) in [5.41, 5.74) is 0.743. The Morgan fingerprint density at radius 2 is 1.12 bits per heavy atom. The average Bonchev–Trinajstić information content (AvgIpc) is 2.00. The molecule has 0 aliphatic carbocycles. The van der Waals surface area contributed by atoms with Crippen LogP contribution >= 0.6 is 0 Å². The van der Waals surface area contributed by atoms with Gasteiger partial charge in [-0.25, -0.2) is 0 Å². The van der Waals surface area contributed by atoms with Gasteiger partial charge in [0, 0.05) is 65.4 Å². The second kappa shape index (κ2) is 9.20. The maximum absolute atomic E-state index is 4.40. The van der Waals surface area contributed by atoms with E-state index < -0.39 is 0 Å². The molecule has 0 saturated carbocycles. The zero-order chi connectivity index (χ0) is 12.3. The normalized spacial score (nSPS) is 18.4. The topological polar surface area (TPSA) is 0 Å². The van der Waals surface area contributed by atoms with Crippen LogP contribution in [0.5, 0.6) is 0 Å². The third-order valence-electron chi connectivity index (χ3n) is 3.57. The standard InChI is InChI=1S/C15H30.2Y/c1-9-13(3,4)11-15(7,8)12-14(5,6)10-2;;/h3,7,9-12H2,1-2,4-6,8H3;;/q-2;;. The third-order valence-corrected chi connectivity index (χ3v) is 3.57. The number of hydrogen-bond donors (Lipinski definition) is 0. The molecule has 0 aromatic heterocycles. The van der Waals surface area contributed by atoms with Crippen LogP contribution in [0.3, 0.4) is 0 Å². The largest absolute Gasteiger partial charge is 0.338 e. The summed E-state index contributed by atoms with van der Waals surface area (Å²) in [7, 11) is 0. The van der Waals surface area contributed by atoms with Crippen molar-refractivity contribution in [2.75, 3.05) is 0 Å². The van der Waals surface area contributed by atoms with Crippen LogP contribution in [-0.2, 0) is 65.4 Å². The zero-order valence-electron chi connectivity index (χ0n) is 12.9. The molecular weight excluding hydrogens is 358 g/mol. The number of hydrogen-bond acceptors (Lipinski definition) is 0. The molecule has 0 aliphatic heterocycles. The van der Waals surface area contributed by atoms with Gasteiger partial charge in [-0.05, 0) is 5.41 Å². The molecule has 98 valence electrons. The van der Waals surface area contributed by atoms with E-state index in [1.807, 2.05) is 0 Å². The molecule has 17 heavy (non-hydrogen) atoms. The van der Waals surface area contributed by atoms with Crippen LogP contribution in [0.4, 0.5) is 0 Å². The summed E-state index contributed by atoms with van der Waals surface area (Å²) in [5, 5.41) is 0. The molecule has 0 amide bonds. The molecule has 0 rings (SSSR count). The number of rotatable bonds is 6. The molecule has 2 radical (unpaired) electrons. The van der Waals surface area contributed by atoms with E-state index in [0.29, 0.717) is 5.41 Å². The summed E-state index contributed by atoms with van der Waals surface area (Å²) in [6.07, 6.45) is 4.64. The summed E-state index contributed by atoms with van der Waals surface area (Å²) in [6, 6.07) is 0. The first kappa shape index (κ1) is 24.2. The Hall–Kier alpha value is 2.21. The Labute approximate surface area is 161 Å². The summed E-state index contributed by atoms with van der Waals surface area (Å²) in [4.78, 5) is 0. The van der Waals surface area contributed by atoms with Crippen LogP contribution in [-0.4, -0.2) is 0 Å². The van der Waals surface area contributed by atoms with E-state index in [0.717, 1.165) is 12.8 Å². The Morgan fingerprint density at radius 1 is 0.706 bits per heavy atom. The molecule has 2 unspecified atom stereocenters. The van der Waals surface area contributed by atoms with Crippen molar-refractivity contribution in [3.63, 3.8) is 0 Å². The first-order valence-electron chi connectivity index (χ1n) is 6.24. The zero-order valence-corrected chi connectivity index (χ0v) is 18.6. The molecule has 0 aromatic rings. The first-order chi connectivity index (χ1) is 6.54. The predicted octanol–water partition coefficient (Wildman–Crippen LogP) is 5.29. The van der Waals surface area contributed by atoms with Crippen LogP contribution in [0.1, 0.15) is 67.2 Å². The molecule has 0 fully saturated rings. The molecular formula is C15H30Y2-2. The second-order valence-corrected chi connectivity index (χ2v) is 6.85. The molecule has 2 heteroatoms. The molecule has 0 N–H and O–H groups in total. The van der Waals surface area contributed by atoms with Gasteiger partial charge in [0.25, 0.3) is 0 Å². The average molecular weight is 388 g/mol. The van der Waals surface area contributed by atoms with E-state index in [1.165, 1.54) is 12.8 Å². The molecule has 0 nitrogen and oxygen atoms in total. The van der Waals surface area contributed by atoms with Gasteiger partial charge in [-0.15, -0.1) is 0 Å². The van der Waals surface area contributed by atoms with Crippen molar-refractivity contribution >= 4 is 0 Å². The fraction of sp³-hybridized carbons (Fsp3) is 0.867. The Bertz CT molecular complexity index is 173. The third kappa shape index (κ3) is 11.7. The predicted molar refractivity (Wildman–Crippen MR) is 70.5 cm³/mol. The van der Waals surface area contributed by atoms with Crippen molar-refractivity contribution in [2.45, 2.75) is 67.2 Å². The van der Waals surface area contributed by atoms with Gasteiger partial charge in [-0.1, -0.05) is 67.2 Å². The van der Waals surface area contributed by atoms with Crippen molar-refractivity contribution < 1.29 is 65.4 Å². The van der Waals surface area contributed by atoms with Crippen molar-refractivity contribution in [2.24, 2.45) is 16.2 Å². The van der Waals surface area contributed by atoms with Gasteiger partial charge in [-0.3, -0.25) is 0 Å². The minimum Gasteiger partial charge on any atom is -0.338 e. The maximum atomic E-state index is 4.40. The molecule has 0 bridgehead atoms. The quantitative estimate of drug-likeness (QED) is 0.543. The van der Waals surface area contributed by atoms with E-state index in [9.17, 15) is 0 Å². The summed E-state index contributed by atoms with van der Waals surface area (Å²) < 4.78 is 0. The Kier molecular flexibility index (Phi) is 13.1. The SMILES string of the molecule is [CH2-]C(C)(CC)CC([CH2-])(C)CC(C)(C)CC.[Y].[Y]. The van der Waals surface area contributed by atoms with Crippen LogP contribution in [0.15, 0.2) is 0 Å². The van der Waals surface area contributed by atoms with Crippen molar-refractivity contribution in [3.8, 4) is 0 Å². The Balaban J connectivity index is -0.000000980. The van der Waals surface area contributed by atoms with Gasteiger partial charge < -0.3 is 13.8 Å². The minimum atomic E-state index is 0. The van der Waals surface area contributed by atoms with Gasteiger partial charge in [0.05, 0.1) is 0 Å². The van der Waals surface area contributed by atoms with E-state index in [1.54, 1.807) is 0 Å². The van der Waals surface area contributed by atoms with E-state index in [-0.39, 0.29) is 76.2 Å². The molecule has 0 aromatic carbocycles. The van der Waals surface area contributed by atoms with E-state index >= 15 is 0 Å². The van der Waals surface area contributed by atoms with E-state index in [2.05, 4.69) is 55.4 Å². The molecule has 0 spiro atoms. The molecule has 0 saturated heterocycles.